The lowest BCUT2D eigenvalue weighted by molar-refractivity contribution is -0.0546. The van der Waals surface area contributed by atoms with E-state index in [1.165, 1.54) is 0 Å². The summed E-state index contributed by atoms with van der Waals surface area (Å²) < 4.78 is 76.6. The van der Waals surface area contributed by atoms with E-state index in [1.54, 1.807) is 49.8 Å². The third-order valence-corrected chi connectivity index (χ3v) is 5.76. The van der Waals surface area contributed by atoms with Crippen LogP contribution in [0, 0.1) is 17.5 Å². The Labute approximate surface area is 204 Å². The van der Waals surface area contributed by atoms with Crippen LogP contribution in [-0.4, -0.2) is 30.3 Å². The number of ether oxygens (including phenoxy) is 2. The van der Waals surface area contributed by atoms with Crippen molar-refractivity contribution in [3.8, 4) is 17.1 Å². The van der Waals surface area contributed by atoms with E-state index in [0.717, 1.165) is 36.1 Å². The van der Waals surface area contributed by atoms with E-state index in [0.29, 0.717) is 28.8 Å². The van der Waals surface area contributed by atoms with Crippen LogP contribution in [0.4, 0.5) is 22.0 Å². The molecule has 36 heavy (non-hydrogen) atoms. The van der Waals surface area contributed by atoms with Gasteiger partial charge in [0.15, 0.2) is 23.2 Å². The predicted molar refractivity (Wildman–Crippen MR) is 126 cm³/mol. The minimum absolute atomic E-state index is 0.105. The Bertz CT molecular complexity index is 1320. The summed E-state index contributed by atoms with van der Waals surface area (Å²) in [6.45, 7) is -2.68. The molecule has 0 unspecified atom stereocenters. The molecule has 0 aliphatic rings. The number of hydrogen-bond acceptors (Lipinski definition) is 4. The highest BCUT2D eigenvalue weighted by Gasteiger charge is 2.17. The molecule has 0 aliphatic carbocycles. The zero-order valence-electron chi connectivity index (χ0n) is 19.4. The van der Waals surface area contributed by atoms with Crippen molar-refractivity contribution in [2.45, 2.75) is 32.3 Å². The molecule has 188 valence electrons. The number of fused-ring (bicyclic) bond motifs is 1. The van der Waals surface area contributed by atoms with E-state index >= 15 is 4.39 Å². The van der Waals surface area contributed by atoms with E-state index < -0.39 is 29.8 Å². The van der Waals surface area contributed by atoms with Crippen molar-refractivity contribution in [2.75, 3.05) is 13.7 Å². The second kappa shape index (κ2) is 11.4. The number of halogens is 5. The summed E-state index contributed by atoms with van der Waals surface area (Å²) >= 11 is 0. The molecule has 0 bridgehead atoms. The van der Waals surface area contributed by atoms with Gasteiger partial charge < -0.3 is 9.47 Å². The molecular formula is C27H23F5N2O2. The quantitative estimate of drug-likeness (QED) is 0.179. The maximum Gasteiger partial charge on any atom is 0.387 e. The first kappa shape index (κ1) is 25.5. The Balaban J connectivity index is 1.49. The summed E-state index contributed by atoms with van der Waals surface area (Å²) in [6.07, 6.45) is 5.48. The lowest BCUT2D eigenvalue weighted by Crippen LogP contribution is -2.06. The number of benzene rings is 3. The highest BCUT2D eigenvalue weighted by atomic mass is 19.3. The van der Waals surface area contributed by atoms with Gasteiger partial charge in [-0.25, -0.2) is 23.1 Å². The second-order valence-corrected chi connectivity index (χ2v) is 8.25. The van der Waals surface area contributed by atoms with Crippen molar-refractivity contribution in [3.05, 3.63) is 89.0 Å². The minimum Gasteiger partial charge on any atom is -0.429 e. The first-order valence-electron chi connectivity index (χ1n) is 11.3. The third-order valence-electron chi connectivity index (χ3n) is 5.76. The number of rotatable bonds is 10. The van der Waals surface area contributed by atoms with Crippen molar-refractivity contribution in [1.82, 2.24) is 9.97 Å². The number of methoxy groups -OCH3 is 1. The fourth-order valence-electron chi connectivity index (χ4n) is 3.96. The molecule has 1 heterocycles. The molecule has 0 saturated carbocycles. The van der Waals surface area contributed by atoms with Crippen LogP contribution in [0.2, 0.25) is 0 Å². The SMILES string of the molecule is COCCCc1cnc(-c2ccc3c(F)c(CCc4cc(F)c(OC(F)F)c(F)c4)ccc3c2)nc1. The van der Waals surface area contributed by atoms with Gasteiger partial charge in [0.25, 0.3) is 0 Å². The van der Waals surface area contributed by atoms with Crippen molar-refractivity contribution in [2.24, 2.45) is 0 Å². The Kier molecular flexibility index (Phi) is 8.10. The van der Waals surface area contributed by atoms with Crippen LogP contribution in [0.3, 0.4) is 0 Å². The highest BCUT2D eigenvalue weighted by Crippen LogP contribution is 2.28. The van der Waals surface area contributed by atoms with Crippen LogP contribution in [0.1, 0.15) is 23.1 Å². The first-order chi connectivity index (χ1) is 17.4. The summed E-state index contributed by atoms with van der Waals surface area (Å²) in [4.78, 5) is 8.83. The van der Waals surface area contributed by atoms with Gasteiger partial charge in [0, 0.05) is 37.1 Å². The maximum absolute atomic E-state index is 15.2. The van der Waals surface area contributed by atoms with E-state index in [1.807, 2.05) is 0 Å². The van der Waals surface area contributed by atoms with Gasteiger partial charge in [-0.2, -0.15) is 8.78 Å². The standard InChI is InChI=1S/C27H23F5N2O2/c1-35-10-2-3-17-14-33-26(34-15-17)20-8-9-21-19(13-20)7-6-18(24(21)30)5-4-16-11-22(28)25(23(29)12-16)36-27(31)32/h6-9,11-15,27H,2-5,10H2,1H3. The Morgan fingerprint density at radius 2 is 1.56 bits per heavy atom. The largest absolute Gasteiger partial charge is 0.429 e. The zero-order valence-corrected chi connectivity index (χ0v) is 19.4. The first-order valence-corrected chi connectivity index (χ1v) is 11.3. The van der Waals surface area contributed by atoms with Crippen molar-refractivity contribution in [3.63, 3.8) is 0 Å². The van der Waals surface area contributed by atoms with Gasteiger partial charge in [0.2, 0.25) is 0 Å². The number of alkyl halides is 2. The van der Waals surface area contributed by atoms with Crippen LogP contribution in [0.25, 0.3) is 22.2 Å². The smallest absolute Gasteiger partial charge is 0.387 e. The summed E-state index contributed by atoms with van der Waals surface area (Å²) in [6, 6.07) is 10.4. The molecule has 1 aromatic heterocycles. The molecule has 0 fully saturated rings. The van der Waals surface area contributed by atoms with Crippen molar-refractivity contribution >= 4 is 10.8 Å². The average Bonchev–Trinajstić information content (AvgIpc) is 2.86. The van der Waals surface area contributed by atoms with E-state index in [2.05, 4.69) is 14.7 Å². The second-order valence-electron chi connectivity index (χ2n) is 8.25. The molecule has 4 nitrogen and oxygen atoms in total. The Hall–Kier alpha value is -3.59. The normalized spacial score (nSPS) is 11.4. The lowest BCUT2D eigenvalue weighted by atomic mass is 9.98. The molecule has 0 spiro atoms. The topological polar surface area (TPSA) is 44.2 Å². The maximum atomic E-state index is 15.2. The van der Waals surface area contributed by atoms with Gasteiger partial charge in [-0.1, -0.05) is 24.3 Å². The fourth-order valence-corrected chi connectivity index (χ4v) is 3.96. The van der Waals surface area contributed by atoms with Crippen LogP contribution < -0.4 is 4.74 Å². The monoisotopic (exact) mass is 502 g/mol. The Morgan fingerprint density at radius 3 is 2.22 bits per heavy atom. The molecule has 0 atom stereocenters. The summed E-state index contributed by atoms with van der Waals surface area (Å²) in [5.74, 6) is -3.51. The van der Waals surface area contributed by atoms with Crippen molar-refractivity contribution in [1.29, 1.82) is 0 Å². The van der Waals surface area contributed by atoms with Gasteiger partial charge >= 0.3 is 6.61 Å². The average molecular weight is 502 g/mol. The summed E-state index contributed by atoms with van der Waals surface area (Å²) in [7, 11) is 1.66. The molecule has 4 rings (SSSR count). The van der Waals surface area contributed by atoms with Gasteiger partial charge in [0.05, 0.1) is 0 Å². The van der Waals surface area contributed by atoms with Gasteiger partial charge in [-0.3, -0.25) is 0 Å². The lowest BCUT2D eigenvalue weighted by Gasteiger charge is -2.11. The van der Waals surface area contributed by atoms with E-state index in [9.17, 15) is 17.6 Å². The van der Waals surface area contributed by atoms with Gasteiger partial charge in [0.1, 0.15) is 5.82 Å². The molecular weight excluding hydrogens is 479 g/mol. The molecule has 3 aromatic carbocycles. The Morgan fingerprint density at radius 1 is 0.833 bits per heavy atom. The number of aryl methyl sites for hydroxylation is 3. The highest BCUT2D eigenvalue weighted by molar-refractivity contribution is 5.87. The molecule has 4 aromatic rings. The third kappa shape index (κ3) is 5.96. The fraction of sp³-hybridized carbons (Fsp3) is 0.259. The zero-order chi connectivity index (χ0) is 25.7. The van der Waals surface area contributed by atoms with Crippen LogP contribution >= 0.6 is 0 Å². The molecule has 9 heteroatoms. The van der Waals surface area contributed by atoms with Gasteiger partial charge in [-0.15, -0.1) is 0 Å². The number of nitrogens with zero attached hydrogens (tertiary/aromatic N) is 2. The molecule has 0 saturated heterocycles. The summed E-state index contributed by atoms with van der Waals surface area (Å²) in [5.41, 5.74) is 2.31. The van der Waals surface area contributed by atoms with E-state index in [-0.39, 0.29) is 18.4 Å². The van der Waals surface area contributed by atoms with Crippen LogP contribution in [-0.2, 0) is 24.0 Å². The minimum atomic E-state index is -3.34. The molecule has 0 amide bonds. The van der Waals surface area contributed by atoms with Crippen molar-refractivity contribution < 1.29 is 31.4 Å². The molecule has 0 N–H and O–H groups in total. The predicted octanol–water partition coefficient (Wildman–Crippen LogP) is 6.68. The number of aromatic nitrogens is 2. The number of hydrogen-bond donors (Lipinski definition) is 0. The van der Waals surface area contributed by atoms with E-state index in [4.69, 9.17) is 4.74 Å². The van der Waals surface area contributed by atoms with Gasteiger partial charge in [-0.05, 0) is 66.0 Å². The molecule has 0 aliphatic heterocycles. The van der Waals surface area contributed by atoms with Crippen LogP contribution in [0.5, 0.6) is 5.75 Å². The summed E-state index contributed by atoms with van der Waals surface area (Å²) in [5, 5.41) is 1.05. The van der Waals surface area contributed by atoms with Crippen LogP contribution in [0.15, 0.2) is 54.9 Å². The molecule has 0 radical (unpaired) electrons.